The summed E-state index contributed by atoms with van der Waals surface area (Å²) in [4.78, 5) is 28.3. The third kappa shape index (κ3) is 4.04. The highest BCUT2D eigenvalue weighted by atomic mass is 15.2. The molecule has 6 aromatic rings. The lowest BCUT2D eigenvalue weighted by atomic mass is 10.1. The third-order valence-corrected chi connectivity index (χ3v) is 5.88. The topological polar surface area (TPSA) is 86.4 Å². The van der Waals surface area contributed by atoms with Gasteiger partial charge in [0.15, 0.2) is 0 Å². The van der Waals surface area contributed by atoms with Crippen LogP contribution in [0.25, 0.3) is 22.1 Å². The van der Waals surface area contributed by atoms with E-state index in [4.69, 9.17) is 19.9 Å². The van der Waals surface area contributed by atoms with Crippen molar-refractivity contribution in [1.29, 1.82) is 0 Å². The van der Waals surface area contributed by atoms with Crippen LogP contribution >= 0.6 is 0 Å². The largest absolute Gasteiger partial charge is 0.341 e. The first-order valence-electron chi connectivity index (χ1n) is 11.3. The average molecular weight is 446 g/mol. The Morgan fingerprint density at radius 2 is 1.06 bits per heavy atom. The highest BCUT2D eigenvalue weighted by Crippen LogP contribution is 2.29. The summed E-state index contributed by atoms with van der Waals surface area (Å²) in [6, 6.07) is 28.0. The van der Waals surface area contributed by atoms with Crippen LogP contribution in [-0.2, 0) is 13.1 Å². The number of benzene rings is 2. The molecule has 7 heteroatoms. The molecule has 0 aliphatic heterocycles. The normalized spacial score (nSPS) is 11.7. The maximum atomic E-state index is 4.84. The molecule has 0 amide bonds. The fraction of sp³-hybridized carbons (Fsp3) is 0.111. The summed E-state index contributed by atoms with van der Waals surface area (Å²) in [7, 11) is 0. The second kappa shape index (κ2) is 8.88. The first-order chi connectivity index (χ1) is 16.8. The van der Waals surface area contributed by atoms with E-state index in [0.29, 0.717) is 13.1 Å². The predicted molar refractivity (Wildman–Crippen MR) is 132 cm³/mol. The number of nitrogens with one attached hydrogen (secondary N) is 2. The number of fused-ring (bicyclic) bond motifs is 2. The van der Waals surface area contributed by atoms with Crippen LogP contribution in [0.1, 0.15) is 29.1 Å². The number of aromatic nitrogens is 6. The predicted octanol–water partition coefficient (Wildman–Crippen LogP) is 5.02. The highest BCUT2D eigenvalue weighted by molar-refractivity contribution is 5.75. The van der Waals surface area contributed by atoms with E-state index in [1.54, 1.807) is 0 Å². The second-order valence-corrected chi connectivity index (χ2v) is 8.22. The quantitative estimate of drug-likeness (QED) is 0.360. The Morgan fingerprint density at radius 3 is 1.50 bits per heavy atom. The van der Waals surface area contributed by atoms with Crippen molar-refractivity contribution in [2.45, 2.75) is 19.1 Å². The van der Waals surface area contributed by atoms with E-state index >= 15 is 0 Å². The van der Waals surface area contributed by atoms with Crippen molar-refractivity contribution in [1.82, 2.24) is 34.8 Å². The monoisotopic (exact) mass is 445 g/mol. The van der Waals surface area contributed by atoms with E-state index in [1.165, 1.54) is 0 Å². The Balaban J connectivity index is 1.44. The van der Waals surface area contributed by atoms with Gasteiger partial charge in [-0.05, 0) is 48.5 Å². The first kappa shape index (κ1) is 20.3. The van der Waals surface area contributed by atoms with Gasteiger partial charge in [-0.2, -0.15) is 0 Å². The number of pyridine rings is 2. The van der Waals surface area contributed by atoms with E-state index in [9.17, 15) is 0 Å². The molecule has 0 saturated heterocycles. The number of para-hydroxylation sites is 4. The van der Waals surface area contributed by atoms with Gasteiger partial charge in [-0.1, -0.05) is 36.4 Å². The minimum atomic E-state index is -0.177. The molecule has 0 atom stereocenters. The van der Waals surface area contributed by atoms with Gasteiger partial charge in [-0.25, -0.2) is 9.97 Å². The van der Waals surface area contributed by atoms with Gasteiger partial charge in [0, 0.05) is 12.4 Å². The van der Waals surface area contributed by atoms with Crippen LogP contribution in [0, 0.1) is 0 Å². The molecule has 0 aliphatic rings. The molecule has 2 N–H and O–H groups in total. The number of H-pyrrole nitrogens is 2. The highest BCUT2D eigenvalue weighted by Gasteiger charge is 2.27. The van der Waals surface area contributed by atoms with Crippen LogP contribution < -0.4 is 0 Å². The first-order valence-corrected chi connectivity index (χ1v) is 11.3. The van der Waals surface area contributed by atoms with Gasteiger partial charge in [0.1, 0.15) is 11.6 Å². The molecule has 166 valence electrons. The van der Waals surface area contributed by atoms with Gasteiger partial charge < -0.3 is 9.97 Å². The zero-order valence-corrected chi connectivity index (χ0v) is 18.5. The molecule has 6 rings (SSSR count). The zero-order valence-electron chi connectivity index (χ0n) is 18.5. The number of rotatable bonds is 7. The molecule has 7 nitrogen and oxygen atoms in total. The number of hydrogen-bond donors (Lipinski definition) is 2. The molecule has 0 fully saturated rings. The number of aromatic amines is 2. The standard InChI is InChI=1S/C27H23N7/c1-2-10-20-19(9-1)30-25(31-20)17-34(18-26-32-21-11-3-4-12-22(21)33-26)27(23-13-5-7-15-28-23)24-14-6-8-16-29-24/h1-16,27H,17-18H2,(H,30,31)(H,32,33). The van der Waals surface area contributed by atoms with Crippen molar-refractivity contribution >= 4 is 22.1 Å². The fourth-order valence-corrected chi connectivity index (χ4v) is 4.39. The van der Waals surface area contributed by atoms with E-state index < -0.39 is 0 Å². The summed E-state index contributed by atoms with van der Waals surface area (Å²) in [6.45, 7) is 1.15. The lowest BCUT2D eigenvalue weighted by molar-refractivity contribution is 0.191. The van der Waals surface area contributed by atoms with Crippen LogP contribution in [0.5, 0.6) is 0 Å². The Bertz CT molecular complexity index is 1340. The number of nitrogens with zero attached hydrogens (tertiary/aromatic N) is 5. The average Bonchev–Trinajstić information content (AvgIpc) is 3.48. The van der Waals surface area contributed by atoms with E-state index in [0.717, 1.165) is 45.1 Å². The van der Waals surface area contributed by atoms with Crippen molar-refractivity contribution in [2.75, 3.05) is 0 Å². The molecule has 4 aromatic heterocycles. The van der Waals surface area contributed by atoms with Crippen LogP contribution in [0.3, 0.4) is 0 Å². The molecule has 0 aliphatic carbocycles. The summed E-state index contributed by atoms with van der Waals surface area (Å²) < 4.78 is 0. The van der Waals surface area contributed by atoms with Crippen molar-refractivity contribution in [3.63, 3.8) is 0 Å². The summed E-state index contributed by atoms with van der Waals surface area (Å²) in [5.41, 5.74) is 5.80. The fourth-order valence-electron chi connectivity index (χ4n) is 4.39. The van der Waals surface area contributed by atoms with Crippen molar-refractivity contribution in [2.24, 2.45) is 0 Å². The van der Waals surface area contributed by atoms with Gasteiger partial charge in [-0.15, -0.1) is 0 Å². The third-order valence-electron chi connectivity index (χ3n) is 5.88. The zero-order chi connectivity index (χ0) is 22.7. The Labute approximate surface area is 196 Å². The smallest absolute Gasteiger partial charge is 0.121 e. The van der Waals surface area contributed by atoms with Crippen molar-refractivity contribution in [3.8, 4) is 0 Å². The van der Waals surface area contributed by atoms with Crippen LogP contribution in [0.2, 0.25) is 0 Å². The number of imidazole rings is 2. The van der Waals surface area contributed by atoms with E-state index in [1.807, 2.05) is 97.3 Å². The van der Waals surface area contributed by atoms with Crippen molar-refractivity contribution in [3.05, 3.63) is 120 Å². The Morgan fingerprint density at radius 1 is 0.588 bits per heavy atom. The molecule has 0 bridgehead atoms. The number of hydrogen-bond acceptors (Lipinski definition) is 5. The van der Waals surface area contributed by atoms with Gasteiger partial charge in [0.05, 0.1) is 52.6 Å². The van der Waals surface area contributed by atoms with Gasteiger partial charge in [-0.3, -0.25) is 14.9 Å². The summed E-state index contributed by atoms with van der Waals surface area (Å²) >= 11 is 0. The molecule has 4 heterocycles. The van der Waals surface area contributed by atoms with Gasteiger partial charge >= 0.3 is 0 Å². The molecule has 2 aromatic carbocycles. The molecule has 0 radical (unpaired) electrons. The maximum Gasteiger partial charge on any atom is 0.121 e. The second-order valence-electron chi connectivity index (χ2n) is 8.22. The molecule has 0 unspecified atom stereocenters. The Hall–Kier alpha value is -4.36. The summed E-state index contributed by atoms with van der Waals surface area (Å²) in [5.74, 6) is 1.77. The molecular formula is C27H23N7. The summed E-state index contributed by atoms with van der Waals surface area (Å²) in [5, 5.41) is 0. The summed E-state index contributed by atoms with van der Waals surface area (Å²) in [6.07, 6.45) is 3.65. The van der Waals surface area contributed by atoms with Crippen LogP contribution in [0.15, 0.2) is 97.3 Å². The Kier molecular flexibility index (Phi) is 5.29. The van der Waals surface area contributed by atoms with Gasteiger partial charge in [0.25, 0.3) is 0 Å². The van der Waals surface area contributed by atoms with Gasteiger partial charge in [0.2, 0.25) is 0 Å². The van der Waals surface area contributed by atoms with E-state index in [2.05, 4.69) is 14.9 Å². The van der Waals surface area contributed by atoms with E-state index in [-0.39, 0.29) is 6.04 Å². The lowest BCUT2D eigenvalue weighted by Crippen LogP contribution is -2.31. The molecule has 0 spiro atoms. The maximum absolute atomic E-state index is 4.84. The van der Waals surface area contributed by atoms with Crippen molar-refractivity contribution < 1.29 is 0 Å². The van der Waals surface area contributed by atoms with Crippen LogP contribution in [-0.4, -0.2) is 34.8 Å². The molecule has 34 heavy (non-hydrogen) atoms. The SMILES string of the molecule is c1ccc(C(c2ccccn2)N(Cc2nc3ccccc3[nH]2)Cc2nc3ccccc3[nH]2)nc1. The minimum Gasteiger partial charge on any atom is -0.341 e. The lowest BCUT2D eigenvalue weighted by Gasteiger charge is -2.29. The molecular weight excluding hydrogens is 422 g/mol. The minimum absolute atomic E-state index is 0.177. The van der Waals surface area contributed by atoms with Crippen LogP contribution in [0.4, 0.5) is 0 Å². The molecule has 0 saturated carbocycles.